The van der Waals surface area contributed by atoms with E-state index in [-0.39, 0.29) is 0 Å². The van der Waals surface area contributed by atoms with Crippen LogP contribution in [0.3, 0.4) is 0 Å². The SMILES string of the molecule is CCCCCCCCCc1cc2c3ccc4c(ccc5c4ccc4c5ccn4C)c3ccc2n1C. The van der Waals surface area contributed by atoms with Gasteiger partial charge in [0.1, 0.15) is 0 Å². The number of nitrogens with zero attached hydrogens (tertiary/aromatic N) is 2. The summed E-state index contributed by atoms with van der Waals surface area (Å²) >= 11 is 0. The molecule has 6 aromatic rings. The second kappa shape index (κ2) is 9.07. The van der Waals surface area contributed by atoms with E-state index in [2.05, 4.69) is 97.0 Å². The standard InChI is InChI=1S/C33H36N2/c1-4-5-6-7-8-9-10-11-23-22-31-29-15-13-24-25(27(29)17-19-33(31)35(23)3)12-14-28-26(24)16-18-32-30(28)20-21-34(32)2/h12-22H,4-11H2,1-3H3. The third-order valence-corrected chi connectivity index (χ3v) is 8.22. The first kappa shape index (κ1) is 22.2. The van der Waals surface area contributed by atoms with Crippen LogP contribution in [0.1, 0.15) is 57.6 Å². The van der Waals surface area contributed by atoms with Crippen molar-refractivity contribution in [2.24, 2.45) is 14.1 Å². The van der Waals surface area contributed by atoms with Gasteiger partial charge in [0.15, 0.2) is 0 Å². The smallest absolute Gasteiger partial charge is 0.0486 e. The summed E-state index contributed by atoms with van der Waals surface area (Å²) in [6, 6.07) is 23.3. The lowest BCUT2D eigenvalue weighted by Gasteiger charge is -2.10. The quantitative estimate of drug-likeness (QED) is 0.158. The van der Waals surface area contributed by atoms with E-state index < -0.39 is 0 Å². The maximum absolute atomic E-state index is 2.45. The number of aromatic nitrogens is 2. The fraction of sp³-hybridized carbons (Fsp3) is 0.333. The fourth-order valence-corrected chi connectivity index (χ4v) is 6.18. The minimum atomic E-state index is 1.17. The van der Waals surface area contributed by atoms with Crippen molar-refractivity contribution in [1.29, 1.82) is 0 Å². The lowest BCUT2D eigenvalue weighted by atomic mass is 9.94. The molecule has 35 heavy (non-hydrogen) atoms. The Morgan fingerprint density at radius 3 is 1.69 bits per heavy atom. The Morgan fingerprint density at radius 1 is 0.514 bits per heavy atom. The molecule has 2 heterocycles. The summed E-state index contributed by atoms with van der Waals surface area (Å²) in [6.07, 6.45) is 12.8. The highest BCUT2D eigenvalue weighted by Crippen LogP contribution is 2.37. The van der Waals surface area contributed by atoms with Gasteiger partial charge in [-0.15, -0.1) is 0 Å². The van der Waals surface area contributed by atoms with E-state index in [4.69, 9.17) is 0 Å². The van der Waals surface area contributed by atoms with Gasteiger partial charge in [0.05, 0.1) is 0 Å². The van der Waals surface area contributed by atoms with E-state index in [9.17, 15) is 0 Å². The van der Waals surface area contributed by atoms with Crippen molar-refractivity contribution >= 4 is 54.1 Å². The molecule has 2 nitrogen and oxygen atoms in total. The highest BCUT2D eigenvalue weighted by molar-refractivity contribution is 6.24. The summed E-state index contributed by atoms with van der Waals surface area (Å²) in [5.41, 5.74) is 4.10. The summed E-state index contributed by atoms with van der Waals surface area (Å²) in [5.74, 6) is 0. The highest BCUT2D eigenvalue weighted by Gasteiger charge is 2.13. The van der Waals surface area contributed by atoms with Gasteiger partial charge in [-0.25, -0.2) is 0 Å². The first-order chi connectivity index (χ1) is 17.2. The van der Waals surface area contributed by atoms with E-state index in [1.165, 1.54) is 111 Å². The van der Waals surface area contributed by atoms with Crippen LogP contribution in [-0.2, 0) is 20.5 Å². The summed E-state index contributed by atoms with van der Waals surface area (Å²) in [7, 11) is 4.36. The van der Waals surface area contributed by atoms with Gasteiger partial charge in [-0.1, -0.05) is 81.8 Å². The molecule has 0 fully saturated rings. The number of unbranched alkanes of at least 4 members (excludes halogenated alkanes) is 6. The minimum Gasteiger partial charge on any atom is -0.351 e. The molecular formula is C33H36N2. The zero-order valence-electron chi connectivity index (χ0n) is 21.4. The molecule has 0 atom stereocenters. The van der Waals surface area contributed by atoms with Gasteiger partial charge in [-0.3, -0.25) is 0 Å². The fourth-order valence-electron chi connectivity index (χ4n) is 6.18. The average molecular weight is 461 g/mol. The Labute approximate surface area is 208 Å². The summed E-state index contributed by atoms with van der Waals surface area (Å²) < 4.78 is 4.62. The monoisotopic (exact) mass is 460 g/mol. The van der Waals surface area contributed by atoms with Crippen molar-refractivity contribution in [1.82, 2.24) is 9.13 Å². The summed E-state index contributed by atoms with van der Waals surface area (Å²) in [4.78, 5) is 0. The number of benzene rings is 4. The van der Waals surface area contributed by atoms with Crippen LogP contribution in [-0.4, -0.2) is 9.13 Å². The normalized spacial score (nSPS) is 12.2. The first-order valence-corrected chi connectivity index (χ1v) is 13.5. The van der Waals surface area contributed by atoms with Crippen molar-refractivity contribution < 1.29 is 0 Å². The number of rotatable bonds is 8. The Bertz CT molecular complexity index is 1680. The molecule has 0 bridgehead atoms. The van der Waals surface area contributed by atoms with E-state index in [1.807, 2.05) is 0 Å². The maximum Gasteiger partial charge on any atom is 0.0486 e. The third kappa shape index (κ3) is 3.71. The van der Waals surface area contributed by atoms with Gasteiger partial charge >= 0.3 is 0 Å². The molecule has 6 rings (SSSR count). The second-order valence-electron chi connectivity index (χ2n) is 10.4. The molecular weight excluding hydrogens is 424 g/mol. The van der Waals surface area contributed by atoms with Crippen LogP contribution in [0.2, 0.25) is 0 Å². The predicted octanol–water partition coefficient (Wildman–Crippen LogP) is 9.42. The zero-order chi connectivity index (χ0) is 23.9. The number of aryl methyl sites for hydroxylation is 3. The largest absolute Gasteiger partial charge is 0.351 e. The highest BCUT2D eigenvalue weighted by atomic mass is 14.9. The Kier molecular flexibility index (Phi) is 5.76. The van der Waals surface area contributed by atoms with Crippen molar-refractivity contribution in [3.05, 3.63) is 72.6 Å². The van der Waals surface area contributed by atoms with Crippen molar-refractivity contribution in [3.63, 3.8) is 0 Å². The molecule has 0 radical (unpaired) electrons. The van der Waals surface area contributed by atoms with Crippen LogP contribution in [0.4, 0.5) is 0 Å². The summed E-state index contributed by atoms with van der Waals surface area (Å²) in [6.45, 7) is 2.29. The topological polar surface area (TPSA) is 9.86 Å². The van der Waals surface area contributed by atoms with Gasteiger partial charge in [-0.05, 0) is 69.4 Å². The van der Waals surface area contributed by atoms with E-state index in [1.54, 1.807) is 0 Å². The molecule has 4 aromatic carbocycles. The van der Waals surface area contributed by atoms with Crippen molar-refractivity contribution in [2.75, 3.05) is 0 Å². The molecule has 0 saturated carbocycles. The van der Waals surface area contributed by atoms with Crippen LogP contribution in [0.15, 0.2) is 66.9 Å². The Hall–Kier alpha value is -3.26. The maximum atomic E-state index is 2.45. The minimum absolute atomic E-state index is 1.17. The van der Waals surface area contributed by atoms with Gasteiger partial charge in [-0.2, -0.15) is 0 Å². The van der Waals surface area contributed by atoms with Crippen LogP contribution >= 0.6 is 0 Å². The number of hydrogen-bond acceptors (Lipinski definition) is 0. The molecule has 0 aliphatic rings. The molecule has 0 spiro atoms. The number of hydrogen-bond donors (Lipinski definition) is 0. The van der Waals surface area contributed by atoms with Crippen LogP contribution in [0, 0.1) is 0 Å². The molecule has 2 aromatic heterocycles. The number of fused-ring (bicyclic) bond motifs is 9. The molecule has 178 valence electrons. The molecule has 2 heteroatoms. The molecule has 0 saturated heterocycles. The van der Waals surface area contributed by atoms with E-state index >= 15 is 0 Å². The molecule has 0 amide bonds. The first-order valence-electron chi connectivity index (χ1n) is 13.5. The second-order valence-corrected chi connectivity index (χ2v) is 10.4. The zero-order valence-corrected chi connectivity index (χ0v) is 21.4. The summed E-state index contributed by atoms with van der Waals surface area (Å²) in [5, 5.41) is 10.8. The molecule has 0 N–H and O–H groups in total. The lowest BCUT2D eigenvalue weighted by molar-refractivity contribution is 0.584. The van der Waals surface area contributed by atoms with Crippen LogP contribution in [0.25, 0.3) is 54.1 Å². The average Bonchev–Trinajstić information content (AvgIpc) is 3.42. The van der Waals surface area contributed by atoms with Gasteiger partial charge in [0.2, 0.25) is 0 Å². The Balaban J connectivity index is 1.38. The molecule has 0 aliphatic heterocycles. The van der Waals surface area contributed by atoms with E-state index in [0.29, 0.717) is 0 Å². The molecule has 0 unspecified atom stereocenters. The Morgan fingerprint density at radius 2 is 1.03 bits per heavy atom. The predicted molar refractivity (Wildman–Crippen MR) is 154 cm³/mol. The van der Waals surface area contributed by atoms with Gasteiger partial charge < -0.3 is 9.13 Å². The van der Waals surface area contributed by atoms with E-state index in [0.717, 1.165) is 0 Å². The lowest BCUT2D eigenvalue weighted by Crippen LogP contribution is -1.96. The van der Waals surface area contributed by atoms with Crippen LogP contribution in [0.5, 0.6) is 0 Å². The molecule has 0 aliphatic carbocycles. The van der Waals surface area contributed by atoms with Crippen LogP contribution < -0.4 is 0 Å². The van der Waals surface area contributed by atoms with Gasteiger partial charge in [0, 0.05) is 47.8 Å². The van der Waals surface area contributed by atoms with Gasteiger partial charge in [0.25, 0.3) is 0 Å². The van der Waals surface area contributed by atoms with Crippen molar-refractivity contribution in [3.8, 4) is 0 Å². The van der Waals surface area contributed by atoms with Crippen molar-refractivity contribution in [2.45, 2.75) is 58.3 Å². The third-order valence-electron chi connectivity index (χ3n) is 8.22.